The summed E-state index contributed by atoms with van der Waals surface area (Å²) >= 11 is 6.16. The van der Waals surface area contributed by atoms with E-state index in [1.54, 1.807) is 12.1 Å². The quantitative estimate of drug-likeness (QED) is 0.713. The zero-order valence-electron chi connectivity index (χ0n) is 13.5. The fourth-order valence-electron chi connectivity index (χ4n) is 2.52. The van der Waals surface area contributed by atoms with Crippen LogP contribution < -0.4 is 4.90 Å². The maximum Gasteiger partial charge on any atom is 0.163 e. The van der Waals surface area contributed by atoms with Crippen LogP contribution in [0.2, 0.25) is 5.02 Å². The molecule has 1 aliphatic rings. The molecule has 124 valence electrons. The minimum absolute atomic E-state index is 0.281. The molecule has 5 nitrogen and oxygen atoms in total. The Morgan fingerprint density at radius 3 is 2.75 bits per heavy atom. The molecule has 1 heterocycles. The third-order valence-corrected chi connectivity index (χ3v) is 4.24. The number of nitriles is 1. The highest BCUT2D eigenvalue weighted by Gasteiger charge is 2.27. The van der Waals surface area contributed by atoms with Crippen LogP contribution in [0.3, 0.4) is 0 Å². The molecule has 1 aromatic heterocycles. The maximum absolute atomic E-state index is 8.89. The molecule has 0 spiro atoms. The summed E-state index contributed by atoms with van der Waals surface area (Å²) in [7, 11) is 0. The number of benzene rings is 1. The smallest absolute Gasteiger partial charge is 0.163 e. The molecule has 6 heteroatoms. The molecule has 0 saturated heterocycles. The van der Waals surface area contributed by atoms with Gasteiger partial charge in [0.2, 0.25) is 0 Å². The van der Waals surface area contributed by atoms with Crippen molar-refractivity contribution in [2.24, 2.45) is 5.92 Å². The van der Waals surface area contributed by atoms with Crippen molar-refractivity contribution < 1.29 is 4.74 Å². The summed E-state index contributed by atoms with van der Waals surface area (Å²) in [5.74, 6) is 1.33. The molecule has 0 N–H and O–H groups in total. The van der Waals surface area contributed by atoms with Gasteiger partial charge >= 0.3 is 0 Å². The van der Waals surface area contributed by atoms with Crippen molar-refractivity contribution in [1.82, 2.24) is 10.2 Å². The number of rotatable bonds is 7. The first-order valence-electron chi connectivity index (χ1n) is 8.08. The van der Waals surface area contributed by atoms with Crippen LogP contribution in [-0.4, -0.2) is 23.3 Å². The minimum atomic E-state index is -0.281. The molecular formula is C18H19ClN4O. The standard InChI is InChI=1S/C18H19ClN4O/c1-2-23(17-9-8-16(11-20)21-22-17)18(24-12-13-6-7-13)14-4-3-5-15(19)10-14/h3-5,8-10,13,18H,2,6-7,12H2,1H3. The van der Waals surface area contributed by atoms with Crippen molar-refractivity contribution in [2.75, 3.05) is 18.1 Å². The predicted molar refractivity (Wildman–Crippen MR) is 92.6 cm³/mol. The van der Waals surface area contributed by atoms with Crippen molar-refractivity contribution in [2.45, 2.75) is 26.0 Å². The van der Waals surface area contributed by atoms with Crippen LogP contribution in [-0.2, 0) is 4.74 Å². The lowest BCUT2D eigenvalue weighted by Crippen LogP contribution is -2.32. The van der Waals surface area contributed by atoms with E-state index in [9.17, 15) is 0 Å². The lowest BCUT2D eigenvalue weighted by molar-refractivity contribution is 0.0426. The minimum Gasteiger partial charge on any atom is -0.354 e. The maximum atomic E-state index is 8.89. The Bertz CT molecular complexity index is 725. The molecule has 2 aromatic rings. The molecule has 1 unspecified atom stereocenters. The first kappa shape index (κ1) is 16.7. The van der Waals surface area contributed by atoms with Crippen molar-refractivity contribution in [3.63, 3.8) is 0 Å². The van der Waals surface area contributed by atoms with Crippen molar-refractivity contribution in [3.05, 3.63) is 52.7 Å². The molecule has 0 aliphatic heterocycles. The Balaban J connectivity index is 1.89. The number of aromatic nitrogens is 2. The number of hydrogen-bond donors (Lipinski definition) is 0. The molecule has 0 radical (unpaired) electrons. The van der Waals surface area contributed by atoms with Gasteiger partial charge in [0.15, 0.2) is 17.7 Å². The molecule has 24 heavy (non-hydrogen) atoms. The molecule has 1 aliphatic carbocycles. The topological polar surface area (TPSA) is 62.0 Å². The molecule has 0 amide bonds. The monoisotopic (exact) mass is 342 g/mol. The fraction of sp³-hybridized carbons (Fsp3) is 0.389. The van der Waals surface area contributed by atoms with Gasteiger partial charge in [-0.15, -0.1) is 10.2 Å². The van der Waals surface area contributed by atoms with Crippen molar-refractivity contribution in [3.8, 4) is 6.07 Å². The van der Waals surface area contributed by atoms with E-state index < -0.39 is 0 Å². The lowest BCUT2D eigenvalue weighted by atomic mass is 10.1. The first-order chi connectivity index (χ1) is 11.7. The Kier molecular flexibility index (Phi) is 5.29. The van der Waals surface area contributed by atoms with Crippen molar-refractivity contribution >= 4 is 17.4 Å². The normalized spacial score (nSPS) is 14.9. The van der Waals surface area contributed by atoms with Crippen LogP contribution in [0.25, 0.3) is 0 Å². The summed E-state index contributed by atoms with van der Waals surface area (Å²) in [6.45, 7) is 3.46. The number of hydrogen-bond acceptors (Lipinski definition) is 5. The average Bonchev–Trinajstić information content (AvgIpc) is 3.43. The average molecular weight is 343 g/mol. The molecule has 3 rings (SSSR count). The zero-order chi connectivity index (χ0) is 16.9. The summed E-state index contributed by atoms with van der Waals surface area (Å²) in [5, 5.41) is 17.7. The highest BCUT2D eigenvalue weighted by molar-refractivity contribution is 6.30. The SMILES string of the molecule is CCN(c1ccc(C#N)nn1)C(OCC1CC1)c1cccc(Cl)c1. The van der Waals surface area contributed by atoms with Gasteiger partial charge in [-0.1, -0.05) is 23.7 Å². The van der Waals surface area contributed by atoms with Crippen LogP contribution in [0, 0.1) is 17.2 Å². The second-order valence-electron chi connectivity index (χ2n) is 5.86. The van der Waals surface area contributed by atoms with Gasteiger partial charge < -0.3 is 9.64 Å². The van der Waals surface area contributed by atoms with E-state index in [0.29, 0.717) is 29.0 Å². The highest BCUT2D eigenvalue weighted by Crippen LogP contribution is 2.33. The van der Waals surface area contributed by atoms with Gasteiger partial charge in [0.25, 0.3) is 0 Å². The summed E-state index contributed by atoms with van der Waals surface area (Å²) in [6, 6.07) is 13.1. The number of nitrogens with zero attached hydrogens (tertiary/aromatic N) is 4. The lowest BCUT2D eigenvalue weighted by Gasteiger charge is -2.31. The summed E-state index contributed by atoms with van der Waals surface area (Å²) in [5.41, 5.74) is 1.28. The molecule has 1 fully saturated rings. The van der Waals surface area contributed by atoms with E-state index in [0.717, 1.165) is 12.2 Å². The van der Waals surface area contributed by atoms with E-state index in [4.69, 9.17) is 21.6 Å². The van der Waals surface area contributed by atoms with Gasteiger partial charge in [-0.3, -0.25) is 0 Å². The molecule has 1 atom stereocenters. The van der Waals surface area contributed by atoms with Gasteiger partial charge in [0, 0.05) is 17.1 Å². The number of anilines is 1. The second kappa shape index (κ2) is 7.61. The fourth-order valence-corrected chi connectivity index (χ4v) is 2.72. The van der Waals surface area contributed by atoms with E-state index in [1.165, 1.54) is 12.8 Å². The second-order valence-corrected chi connectivity index (χ2v) is 6.30. The third-order valence-electron chi connectivity index (χ3n) is 4.00. The van der Waals surface area contributed by atoms with Gasteiger partial charge in [-0.2, -0.15) is 5.26 Å². The van der Waals surface area contributed by atoms with Gasteiger partial charge in [0.1, 0.15) is 6.07 Å². The Hall–Kier alpha value is -2.16. The van der Waals surface area contributed by atoms with Crippen LogP contribution in [0.1, 0.15) is 37.3 Å². The Labute approximate surface area is 146 Å². The van der Waals surface area contributed by atoms with Gasteiger partial charge in [0.05, 0.1) is 6.61 Å². The van der Waals surface area contributed by atoms with Gasteiger partial charge in [-0.05, 0) is 49.9 Å². The highest BCUT2D eigenvalue weighted by atomic mass is 35.5. The van der Waals surface area contributed by atoms with Gasteiger partial charge in [-0.25, -0.2) is 0 Å². The molecule has 1 saturated carbocycles. The van der Waals surface area contributed by atoms with Crippen LogP contribution in [0.4, 0.5) is 5.82 Å². The Morgan fingerprint density at radius 2 is 2.17 bits per heavy atom. The molecular weight excluding hydrogens is 324 g/mol. The largest absolute Gasteiger partial charge is 0.354 e. The summed E-state index contributed by atoms with van der Waals surface area (Å²) < 4.78 is 6.21. The third kappa shape index (κ3) is 4.02. The summed E-state index contributed by atoms with van der Waals surface area (Å²) in [4.78, 5) is 2.03. The molecule has 0 bridgehead atoms. The van der Waals surface area contributed by atoms with Crippen LogP contribution in [0.5, 0.6) is 0 Å². The van der Waals surface area contributed by atoms with E-state index >= 15 is 0 Å². The predicted octanol–water partition coefficient (Wildman–Crippen LogP) is 3.95. The van der Waals surface area contributed by atoms with E-state index in [2.05, 4.69) is 10.2 Å². The molecule has 1 aromatic carbocycles. The first-order valence-corrected chi connectivity index (χ1v) is 8.46. The Morgan fingerprint density at radius 1 is 1.33 bits per heavy atom. The van der Waals surface area contributed by atoms with E-state index in [-0.39, 0.29) is 6.23 Å². The number of halogens is 1. The zero-order valence-corrected chi connectivity index (χ0v) is 14.3. The van der Waals surface area contributed by atoms with Crippen LogP contribution in [0.15, 0.2) is 36.4 Å². The summed E-state index contributed by atoms with van der Waals surface area (Å²) in [6.07, 6.45) is 2.17. The van der Waals surface area contributed by atoms with E-state index in [1.807, 2.05) is 42.2 Å². The van der Waals surface area contributed by atoms with Crippen LogP contribution >= 0.6 is 11.6 Å². The number of ether oxygens (including phenoxy) is 1. The van der Waals surface area contributed by atoms with Crippen molar-refractivity contribution in [1.29, 1.82) is 5.26 Å².